The number of aryl methyl sites for hydroxylation is 1. The summed E-state index contributed by atoms with van der Waals surface area (Å²) in [5.74, 6) is -1.38. The molecule has 0 radical (unpaired) electrons. The van der Waals surface area contributed by atoms with E-state index in [9.17, 15) is 9.59 Å². The van der Waals surface area contributed by atoms with Crippen LogP contribution in [0, 0.1) is 6.92 Å². The zero-order valence-electron chi connectivity index (χ0n) is 18.2. The van der Waals surface area contributed by atoms with Crippen LogP contribution in [-0.4, -0.2) is 17.5 Å². The molecule has 158 valence electrons. The first-order chi connectivity index (χ1) is 14.7. The molecule has 1 aliphatic heterocycles. The van der Waals surface area contributed by atoms with E-state index in [0.717, 1.165) is 5.56 Å². The van der Waals surface area contributed by atoms with E-state index in [1.165, 1.54) is 0 Å². The van der Waals surface area contributed by atoms with E-state index < -0.39 is 28.9 Å². The minimum absolute atomic E-state index is 0.465. The van der Waals surface area contributed by atoms with Crippen LogP contribution in [0.5, 0.6) is 5.75 Å². The number of fused-ring (bicyclic) bond motifs is 1. The van der Waals surface area contributed by atoms with Crippen LogP contribution in [0.2, 0.25) is 0 Å². The molecule has 4 rings (SSSR count). The third-order valence-corrected chi connectivity index (χ3v) is 5.55. The number of esters is 2. The first-order valence-corrected chi connectivity index (χ1v) is 10.4. The van der Waals surface area contributed by atoms with Crippen molar-refractivity contribution in [3.05, 3.63) is 101 Å². The van der Waals surface area contributed by atoms with E-state index in [0.29, 0.717) is 22.4 Å². The Bertz CT molecular complexity index is 1110. The highest BCUT2D eigenvalue weighted by Crippen LogP contribution is 2.53. The zero-order valence-corrected chi connectivity index (χ0v) is 18.2. The summed E-state index contributed by atoms with van der Waals surface area (Å²) in [6.07, 6.45) is 0. The third-order valence-electron chi connectivity index (χ3n) is 5.55. The molecule has 1 heterocycles. The number of para-hydroxylation sites is 1. The zero-order chi connectivity index (χ0) is 22.2. The Balaban J connectivity index is 2.04. The first kappa shape index (κ1) is 20.9. The van der Waals surface area contributed by atoms with Crippen LogP contribution in [-0.2, 0) is 19.7 Å². The number of rotatable bonds is 4. The molecule has 0 saturated heterocycles. The maximum atomic E-state index is 13.7. The SMILES string of the molecule is Cc1ccc([C@]2([C@@H](C(=O)OC(C)(C)C)c3ccccc3)C(=O)Oc3ccccc32)cc1. The molecule has 3 aromatic carbocycles. The fourth-order valence-electron chi connectivity index (χ4n) is 4.27. The van der Waals surface area contributed by atoms with E-state index in [1.807, 2.05) is 100 Å². The highest BCUT2D eigenvalue weighted by atomic mass is 16.6. The van der Waals surface area contributed by atoms with Crippen LogP contribution in [0.15, 0.2) is 78.9 Å². The summed E-state index contributed by atoms with van der Waals surface area (Å²) in [7, 11) is 0. The van der Waals surface area contributed by atoms with Crippen molar-refractivity contribution in [2.75, 3.05) is 0 Å². The molecule has 4 nitrogen and oxygen atoms in total. The predicted octanol–water partition coefficient (Wildman–Crippen LogP) is 5.33. The van der Waals surface area contributed by atoms with Crippen LogP contribution in [0.3, 0.4) is 0 Å². The summed E-state index contributed by atoms with van der Waals surface area (Å²) in [6.45, 7) is 7.46. The highest BCUT2D eigenvalue weighted by Gasteiger charge is 2.59. The average Bonchev–Trinajstić information content (AvgIpc) is 3.01. The van der Waals surface area contributed by atoms with Crippen LogP contribution in [0.25, 0.3) is 0 Å². The second kappa shape index (κ2) is 7.69. The average molecular weight is 415 g/mol. The Morgan fingerprint density at radius 3 is 2.16 bits per heavy atom. The summed E-state index contributed by atoms with van der Waals surface area (Å²) >= 11 is 0. The summed E-state index contributed by atoms with van der Waals surface area (Å²) in [5.41, 5.74) is 1.07. The van der Waals surface area contributed by atoms with E-state index in [1.54, 1.807) is 6.07 Å². The van der Waals surface area contributed by atoms with Gasteiger partial charge in [0, 0.05) is 5.56 Å². The highest BCUT2D eigenvalue weighted by molar-refractivity contribution is 6.01. The van der Waals surface area contributed by atoms with Crippen LogP contribution in [0.1, 0.15) is 48.9 Å². The van der Waals surface area contributed by atoms with Crippen LogP contribution >= 0.6 is 0 Å². The van der Waals surface area contributed by atoms with Gasteiger partial charge in [0.05, 0.1) is 0 Å². The fourth-order valence-corrected chi connectivity index (χ4v) is 4.27. The minimum atomic E-state index is -1.35. The van der Waals surface area contributed by atoms with Crippen molar-refractivity contribution in [3.8, 4) is 5.75 Å². The molecule has 1 aliphatic rings. The van der Waals surface area contributed by atoms with Crippen LogP contribution < -0.4 is 4.74 Å². The summed E-state index contributed by atoms with van der Waals surface area (Å²) in [5, 5.41) is 0. The molecule has 3 aromatic rings. The molecular formula is C27H26O4. The van der Waals surface area contributed by atoms with Gasteiger partial charge in [0.1, 0.15) is 22.7 Å². The predicted molar refractivity (Wildman–Crippen MR) is 119 cm³/mol. The summed E-state index contributed by atoms with van der Waals surface area (Å²) in [4.78, 5) is 27.4. The van der Waals surface area contributed by atoms with Gasteiger partial charge in [-0.3, -0.25) is 9.59 Å². The summed E-state index contributed by atoms with van der Waals surface area (Å²) < 4.78 is 11.6. The van der Waals surface area contributed by atoms with Crippen molar-refractivity contribution < 1.29 is 19.1 Å². The van der Waals surface area contributed by atoms with Gasteiger partial charge < -0.3 is 9.47 Å². The lowest BCUT2D eigenvalue weighted by Crippen LogP contribution is -2.46. The van der Waals surface area contributed by atoms with Gasteiger partial charge in [0.15, 0.2) is 0 Å². The molecule has 0 spiro atoms. The smallest absolute Gasteiger partial charge is 0.327 e. The van der Waals surface area contributed by atoms with Gasteiger partial charge in [-0.1, -0.05) is 78.4 Å². The lowest BCUT2D eigenvalue weighted by Gasteiger charge is -2.36. The molecule has 0 aliphatic carbocycles. The Hall–Kier alpha value is -3.40. The van der Waals surface area contributed by atoms with Gasteiger partial charge in [-0.2, -0.15) is 0 Å². The van der Waals surface area contributed by atoms with E-state index in [4.69, 9.17) is 9.47 Å². The number of carbonyl (C=O) groups excluding carboxylic acids is 2. The van der Waals surface area contributed by atoms with Crippen molar-refractivity contribution in [2.45, 2.75) is 44.6 Å². The molecule has 0 bridgehead atoms. The second-order valence-electron chi connectivity index (χ2n) is 8.94. The van der Waals surface area contributed by atoms with Crippen molar-refractivity contribution in [3.63, 3.8) is 0 Å². The molecule has 31 heavy (non-hydrogen) atoms. The van der Waals surface area contributed by atoms with Crippen molar-refractivity contribution in [1.29, 1.82) is 0 Å². The lowest BCUT2D eigenvalue weighted by molar-refractivity contribution is -0.161. The van der Waals surface area contributed by atoms with Gasteiger partial charge in [-0.05, 0) is 44.9 Å². The van der Waals surface area contributed by atoms with Crippen molar-refractivity contribution >= 4 is 11.9 Å². The summed E-state index contributed by atoms with van der Waals surface area (Å²) in [6, 6.07) is 24.3. The van der Waals surface area contributed by atoms with Crippen LogP contribution in [0.4, 0.5) is 0 Å². The molecule has 0 saturated carbocycles. The molecule has 2 atom stereocenters. The molecule has 0 N–H and O–H groups in total. The maximum Gasteiger partial charge on any atom is 0.327 e. The molecule has 0 amide bonds. The third kappa shape index (κ3) is 3.63. The number of carbonyl (C=O) groups is 2. The van der Waals surface area contributed by atoms with E-state index in [2.05, 4.69) is 0 Å². The normalized spacial score (nSPS) is 18.8. The Labute approximate surface area is 182 Å². The molecule has 0 unspecified atom stereocenters. The number of hydrogen-bond acceptors (Lipinski definition) is 4. The van der Waals surface area contributed by atoms with Crippen molar-refractivity contribution in [1.82, 2.24) is 0 Å². The number of ether oxygens (including phenoxy) is 2. The van der Waals surface area contributed by atoms with Gasteiger partial charge >= 0.3 is 11.9 Å². The largest absolute Gasteiger partial charge is 0.459 e. The topological polar surface area (TPSA) is 52.6 Å². The van der Waals surface area contributed by atoms with E-state index in [-0.39, 0.29) is 0 Å². The Morgan fingerprint density at radius 1 is 0.903 bits per heavy atom. The number of benzene rings is 3. The van der Waals surface area contributed by atoms with Gasteiger partial charge in [0.2, 0.25) is 0 Å². The first-order valence-electron chi connectivity index (χ1n) is 10.4. The van der Waals surface area contributed by atoms with Gasteiger partial charge in [0.25, 0.3) is 0 Å². The molecule has 0 fully saturated rings. The monoisotopic (exact) mass is 414 g/mol. The molecule has 0 aromatic heterocycles. The van der Waals surface area contributed by atoms with Crippen molar-refractivity contribution in [2.24, 2.45) is 0 Å². The Kier molecular flexibility index (Phi) is 5.18. The fraction of sp³-hybridized carbons (Fsp3) is 0.259. The standard InChI is InChI=1S/C27H26O4/c1-18-14-16-20(17-15-18)27(21-12-8-9-13-22(21)30-25(27)29)23(19-10-6-5-7-11-19)24(28)31-26(2,3)4/h5-17,23H,1-4H3/t23-,27+/m1/s1. The second-order valence-corrected chi connectivity index (χ2v) is 8.94. The van der Waals surface area contributed by atoms with Gasteiger partial charge in [-0.15, -0.1) is 0 Å². The molecular weight excluding hydrogens is 388 g/mol. The van der Waals surface area contributed by atoms with E-state index >= 15 is 0 Å². The quantitative estimate of drug-likeness (QED) is 0.428. The Morgan fingerprint density at radius 2 is 1.52 bits per heavy atom. The molecule has 4 heteroatoms. The maximum absolute atomic E-state index is 13.7. The lowest BCUT2D eigenvalue weighted by atomic mass is 9.64. The number of hydrogen-bond donors (Lipinski definition) is 0. The van der Waals surface area contributed by atoms with Gasteiger partial charge in [-0.25, -0.2) is 0 Å². The minimum Gasteiger partial charge on any atom is -0.459 e.